The summed E-state index contributed by atoms with van der Waals surface area (Å²) in [6.45, 7) is 3.95. The molecule has 1 rings (SSSR count). The van der Waals surface area contributed by atoms with E-state index in [0.29, 0.717) is 12.8 Å². The average molecular weight is 383 g/mol. The summed E-state index contributed by atoms with van der Waals surface area (Å²) in [6, 6.07) is 0. The van der Waals surface area contributed by atoms with Crippen LogP contribution in [0.5, 0.6) is 0 Å². The average Bonchev–Trinajstić information content (AvgIpc) is 2.89. The molecular formula is C22H38O5. The van der Waals surface area contributed by atoms with Crippen molar-refractivity contribution in [2.24, 2.45) is 11.8 Å². The first-order valence-electron chi connectivity index (χ1n) is 10.5. The summed E-state index contributed by atoms with van der Waals surface area (Å²) in [5, 5.41) is 20.6. The molecule has 27 heavy (non-hydrogen) atoms. The van der Waals surface area contributed by atoms with E-state index in [0.717, 1.165) is 51.4 Å². The van der Waals surface area contributed by atoms with Crippen molar-refractivity contribution in [2.75, 3.05) is 7.11 Å². The fourth-order valence-electron chi connectivity index (χ4n) is 3.82. The molecule has 1 aliphatic carbocycles. The molecule has 0 radical (unpaired) electrons. The number of aliphatic hydroxyl groups is 2. The van der Waals surface area contributed by atoms with E-state index in [1.807, 2.05) is 19.1 Å². The van der Waals surface area contributed by atoms with Gasteiger partial charge in [-0.2, -0.15) is 0 Å². The lowest BCUT2D eigenvalue weighted by Gasteiger charge is -2.22. The van der Waals surface area contributed by atoms with Crippen LogP contribution >= 0.6 is 0 Å². The summed E-state index contributed by atoms with van der Waals surface area (Å²) in [6.07, 6.45) is 11.7. The van der Waals surface area contributed by atoms with Crippen LogP contribution in [0.1, 0.15) is 84.5 Å². The summed E-state index contributed by atoms with van der Waals surface area (Å²) in [7, 11) is 1.40. The Hall–Kier alpha value is -1.20. The molecule has 0 aliphatic heterocycles. The standard InChI is InChI=1S/C22H38O5/c1-4-5-14-22(2,26)15-10-12-18-17(19(23)16-20(18)24)11-8-6-7-9-13-21(25)27-3/h10,12,17-18,20,24,26H,4-9,11,13-16H2,1-3H3/b12-10+/t17?,18-,20?,22?/m1/s1. The van der Waals surface area contributed by atoms with Crippen LogP contribution in [0, 0.1) is 11.8 Å². The molecule has 2 N–H and O–H groups in total. The molecule has 1 fully saturated rings. The lowest BCUT2D eigenvalue weighted by molar-refractivity contribution is -0.140. The van der Waals surface area contributed by atoms with E-state index in [1.54, 1.807) is 0 Å². The van der Waals surface area contributed by atoms with Crippen LogP contribution < -0.4 is 0 Å². The maximum Gasteiger partial charge on any atom is 0.305 e. The molecule has 5 nitrogen and oxygen atoms in total. The number of aliphatic hydroxyl groups excluding tert-OH is 1. The molecular weight excluding hydrogens is 344 g/mol. The number of Topliss-reactive ketones (excluding diaryl/α,β-unsaturated/α-hetero) is 1. The monoisotopic (exact) mass is 382 g/mol. The number of hydrogen-bond donors (Lipinski definition) is 2. The van der Waals surface area contributed by atoms with Gasteiger partial charge in [0.2, 0.25) is 0 Å². The molecule has 0 aromatic rings. The van der Waals surface area contributed by atoms with Crippen molar-refractivity contribution >= 4 is 11.8 Å². The van der Waals surface area contributed by atoms with Crippen molar-refractivity contribution in [3.63, 3.8) is 0 Å². The molecule has 156 valence electrons. The summed E-state index contributed by atoms with van der Waals surface area (Å²) in [5.74, 6) is -0.305. The van der Waals surface area contributed by atoms with Gasteiger partial charge in [0.25, 0.3) is 0 Å². The normalized spacial score (nSPS) is 25.1. The van der Waals surface area contributed by atoms with Crippen LogP contribution in [0.15, 0.2) is 12.2 Å². The molecule has 0 heterocycles. The van der Waals surface area contributed by atoms with Crippen molar-refractivity contribution in [2.45, 2.75) is 96.2 Å². The summed E-state index contributed by atoms with van der Waals surface area (Å²) >= 11 is 0. The predicted octanol–water partition coefficient (Wildman–Crippen LogP) is 3.95. The fourth-order valence-corrected chi connectivity index (χ4v) is 3.82. The molecule has 0 aromatic heterocycles. The smallest absolute Gasteiger partial charge is 0.305 e. The number of hydrogen-bond acceptors (Lipinski definition) is 5. The Bertz CT molecular complexity index is 483. The third kappa shape index (κ3) is 9.02. The lowest BCUT2D eigenvalue weighted by atomic mass is 9.87. The number of carbonyl (C=O) groups excluding carboxylic acids is 2. The Labute approximate surface area is 164 Å². The maximum absolute atomic E-state index is 12.2. The topological polar surface area (TPSA) is 83.8 Å². The van der Waals surface area contributed by atoms with Crippen LogP contribution in [-0.4, -0.2) is 40.8 Å². The highest BCUT2D eigenvalue weighted by Gasteiger charge is 2.39. The zero-order valence-electron chi connectivity index (χ0n) is 17.3. The summed E-state index contributed by atoms with van der Waals surface area (Å²) in [5.41, 5.74) is -0.727. The molecule has 0 saturated heterocycles. The van der Waals surface area contributed by atoms with Gasteiger partial charge < -0.3 is 14.9 Å². The first-order valence-corrected chi connectivity index (χ1v) is 10.5. The van der Waals surface area contributed by atoms with Crippen molar-refractivity contribution < 1.29 is 24.5 Å². The molecule has 0 spiro atoms. The predicted molar refractivity (Wildman–Crippen MR) is 106 cm³/mol. The van der Waals surface area contributed by atoms with Crippen LogP contribution in [0.25, 0.3) is 0 Å². The van der Waals surface area contributed by atoms with Crippen LogP contribution in [0.3, 0.4) is 0 Å². The molecule has 3 unspecified atom stereocenters. The Morgan fingerprint density at radius 1 is 1.26 bits per heavy atom. The Kier molecular flexibility index (Phi) is 10.9. The third-order valence-electron chi connectivity index (χ3n) is 5.59. The molecule has 0 bridgehead atoms. The van der Waals surface area contributed by atoms with Gasteiger partial charge in [0.05, 0.1) is 18.8 Å². The maximum atomic E-state index is 12.2. The van der Waals surface area contributed by atoms with Crippen LogP contribution in [0.2, 0.25) is 0 Å². The van der Waals surface area contributed by atoms with Crippen molar-refractivity contribution in [1.29, 1.82) is 0 Å². The number of carbonyl (C=O) groups is 2. The van der Waals surface area contributed by atoms with Crippen LogP contribution in [0.4, 0.5) is 0 Å². The molecule has 0 aromatic carbocycles. The van der Waals surface area contributed by atoms with E-state index in [2.05, 4.69) is 11.7 Å². The fraction of sp³-hybridized carbons (Fsp3) is 0.818. The van der Waals surface area contributed by atoms with E-state index in [9.17, 15) is 19.8 Å². The van der Waals surface area contributed by atoms with Crippen LogP contribution in [-0.2, 0) is 14.3 Å². The number of methoxy groups -OCH3 is 1. The number of rotatable bonds is 13. The van der Waals surface area contributed by atoms with Crippen molar-refractivity contribution in [3.8, 4) is 0 Å². The second-order valence-corrected chi connectivity index (χ2v) is 8.18. The van der Waals surface area contributed by atoms with Gasteiger partial charge in [0.15, 0.2) is 0 Å². The highest BCUT2D eigenvalue weighted by atomic mass is 16.5. The van der Waals surface area contributed by atoms with E-state index < -0.39 is 11.7 Å². The molecule has 0 amide bonds. The molecule has 4 atom stereocenters. The highest BCUT2D eigenvalue weighted by Crippen LogP contribution is 2.34. The first-order chi connectivity index (χ1) is 12.8. The minimum atomic E-state index is -0.727. The van der Waals surface area contributed by atoms with Gasteiger partial charge >= 0.3 is 5.97 Å². The van der Waals surface area contributed by atoms with Crippen molar-refractivity contribution in [1.82, 2.24) is 0 Å². The zero-order chi connectivity index (χ0) is 20.3. The van der Waals surface area contributed by atoms with Crippen molar-refractivity contribution in [3.05, 3.63) is 12.2 Å². The van der Waals surface area contributed by atoms with Gasteiger partial charge in [-0.05, 0) is 32.6 Å². The molecule has 5 heteroatoms. The van der Waals surface area contributed by atoms with E-state index in [4.69, 9.17) is 0 Å². The van der Waals surface area contributed by atoms with E-state index in [1.165, 1.54) is 7.11 Å². The number of ketones is 1. The quantitative estimate of drug-likeness (QED) is 0.286. The van der Waals surface area contributed by atoms with E-state index in [-0.39, 0.29) is 30.0 Å². The second kappa shape index (κ2) is 12.3. The van der Waals surface area contributed by atoms with Gasteiger partial charge in [-0.3, -0.25) is 9.59 Å². The Balaban J connectivity index is 2.42. The third-order valence-corrected chi connectivity index (χ3v) is 5.59. The van der Waals surface area contributed by atoms with Gasteiger partial charge in [-0.15, -0.1) is 0 Å². The summed E-state index contributed by atoms with van der Waals surface area (Å²) < 4.78 is 4.62. The minimum absolute atomic E-state index is 0.127. The first kappa shape index (κ1) is 23.8. The van der Waals surface area contributed by atoms with Gasteiger partial charge in [-0.25, -0.2) is 0 Å². The summed E-state index contributed by atoms with van der Waals surface area (Å²) in [4.78, 5) is 23.3. The minimum Gasteiger partial charge on any atom is -0.469 e. The molecule has 1 aliphatic rings. The number of esters is 1. The van der Waals surface area contributed by atoms with Gasteiger partial charge in [0, 0.05) is 24.7 Å². The zero-order valence-corrected chi connectivity index (χ0v) is 17.3. The second-order valence-electron chi connectivity index (χ2n) is 8.18. The Morgan fingerprint density at radius 3 is 2.63 bits per heavy atom. The number of ether oxygens (including phenoxy) is 1. The van der Waals surface area contributed by atoms with E-state index >= 15 is 0 Å². The highest BCUT2D eigenvalue weighted by molar-refractivity contribution is 5.84. The lowest BCUT2D eigenvalue weighted by Crippen LogP contribution is -2.23. The largest absolute Gasteiger partial charge is 0.469 e. The van der Waals surface area contributed by atoms with Gasteiger partial charge in [-0.1, -0.05) is 51.2 Å². The number of unbranched alkanes of at least 4 members (excludes halogenated alkanes) is 4. The SMILES string of the molecule is CCCCC(C)(O)C/C=C/[C@H]1C(O)CC(=O)C1CCCCCCC(=O)OC. The van der Waals surface area contributed by atoms with Gasteiger partial charge in [0.1, 0.15) is 5.78 Å². The Morgan fingerprint density at radius 2 is 1.96 bits per heavy atom. The molecule has 1 saturated carbocycles.